The fourth-order valence-corrected chi connectivity index (χ4v) is 3.84. The molecule has 0 radical (unpaired) electrons. The Labute approximate surface area is 172 Å². The smallest absolute Gasteiger partial charge is 0.234 e. The number of aryl methyl sites for hydroxylation is 1. The van der Waals surface area contributed by atoms with Crippen molar-refractivity contribution in [3.8, 4) is 0 Å². The maximum absolute atomic E-state index is 12.4. The van der Waals surface area contributed by atoms with E-state index in [1.54, 1.807) is 24.3 Å². The van der Waals surface area contributed by atoms with E-state index >= 15 is 0 Å². The number of benzene rings is 2. The molecule has 28 heavy (non-hydrogen) atoms. The maximum Gasteiger partial charge on any atom is 0.234 e. The Hall–Kier alpha value is -2.51. The number of anilines is 2. The van der Waals surface area contributed by atoms with Gasteiger partial charge in [-0.2, -0.15) is 0 Å². The molecule has 146 valence electrons. The average molecular weight is 417 g/mol. The monoisotopic (exact) mass is 416 g/mol. The van der Waals surface area contributed by atoms with Gasteiger partial charge in [-0.1, -0.05) is 36.4 Å². The predicted octanol–water partition coefficient (Wildman–Crippen LogP) is 4.79. The van der Waals surface area contributed by atoms with E-state index in [1.165, 1.54) is 18.7 Å². The minimum atomic E-state index is -0.158. The number of nitrogens with one attached hydrogen (secondary N) is 2. The van der Waals surface area contributed by atoms with E-state index in [-0.39, 0.29) is 17.6 Å². The number of nitrogens with zero attached hydrogens (tertiary/aromatic N) is 2. The highest BCUT2D eigenvalue weighted by Crippen LogP contribution is 2.27. The standard InChI is InChI=1S/C20H21ClN4O2S/c1-3-9-25-18-8-7-14(21)10-17(18)24-20(25)28-12-19(27)23-16-6-4-5-15(11-16)22-13(2)26/h4-8,10-11H,3,9,12H2,1-2H3,(H,22,26)(H,23,27). The van der Waals surface area contributed by atoms with Gasteiger partial charge in [-0.25, -0.2) is 4.98 Å². The molecule has 2 aromatic carbocycles. The minimum absolute atomic E-state index is 0.141. The Balaban J connectivity index is 1.69. The zero-order valence-electron chi connectivity index (χ0n) is 15.7. The zero-order chi connectivity index (χ0) is 20.1. The second kappa shape index (κ2) is 9.12. The molecule has 3 rings (SSSR count). The van der Waals surface area contributed by atoms with Crippen LogP contribution in [0, 0.1) is 0 Å². The quantitative estimate of drug-likeness (QED) is 0.543. The third-order valence-corrected chi connectivity index (χ3v) is 5.13. The third-order valence-electron chi connectivity index (χ3n) is 3.92. The lowest BCUT2D eigenvalue weighted by molar-refractivity contribution is -0.114. The van der Waals surface area contributed by atoms with E-state index in [2.05, 4.69) is 27.1 Å². The van der Waals surface area contributed by atoms with Gasteiger partial charge in [0, 0.05) is 29.9 Å². The second-order valence-electron chi connectivity index (χ2n) is 6.28. The summed E-state index contributed by atoms with van der Waals surface area (Å²) in [6, 6.07) is 12.7. The number of aromatic nitrogens is 2. The molecule has 0 fully saturated rings. The molecule has 0 aliphatic heterocycles. The SMILES string of the molecule is CCCn1c(SCC(=O)Nc2cccc(NC(C)=O)c2)nc2cc(Cl)ccc21. The van der Waals surface area contributed by atoms with Crippen molar-refractivity contribution in [1.82, 2.24) is 9.55 Å². The summed E-state index contributed by atoms with van der Waals surface area (Å²) in [6.07, 6.45) is 0.962. The van der Waals surface area contributed by atoms with E-state index in [9.17, 15) is 9.59 Å². The maximum atomic E-state index is 12.4. The van der Waals surface area contributed by atoms with Crippen LogP contribution < -0.4 is 10.6 Å². The molecule has 0 saturated carbocycles. The number of imidazole rings is 1. The fourth-order valence-electron chi connectivity index (χ4n) is 2.84. The van der Waals surface area contributed by atoms with Crippen LogP contribution in [0.25, 0.3) is 11.0 Å². The van der Waals surface area contributed by atoms with E-state index in [1.807, 2.05) is 18.2 Å². The van der Waals surface area contributed by atoms with Crippen LogP contribution in [-0.2, 0) is 16.1 Å². The van der Waals surface area contributed by atoms with Crippen molar-refractivity contribution < 1.29 is 9.59 Å². The van der Waals surface area contributed by atoms with Gasteiger partial charge >= 0.3 is 0 Å². The minimum Gasteiger partial charge on any atom is -0.326 e. The van der Waals surface area contributed by atoms with Gasteiger partial charge in [0.15, 0.2) is 5.16 Å². The van der Waals surface area contributed by atoms with E-state index in [4.69, 9.17) is 11.6 Å². The molecular formula is C20H21ClN4O2S. The van der Waals surface area contributed by atoms with Crippen LogP contribution in [0.1, 0.15) is 20.3 Å². The first-order valence-corrected chi connectivity index (χ1v) is 10.3. The predicted molar refractivity (Wildman–Crippen MR) is 115 cm³/mol. The fraction of sp³-hybridized carbons (Fsp3) is 0.250. The van der Waals surface area contributed by atoms with Gasteiger partial charge in [-0.05, 0) is 42.8 Å². The van der Waals surface area contributed by atoms with Gasteiger partial charge in [0.05, 0.1) is 16.8 Å². The summed E-state index contributed by atoms with van der Waals surface area (Å²) in [6.45, 7) is 4.36. The summed E-state index contributed by atoms with van der Waals surface area (Å²) in [4.78, 5) is 28.2. The molecule has 0 unspecified atom stereocenters. The summed E-state index contributed by atoms with van der Waals surface area (Å²) < 4.78 is 2.11. The number of thioether (sulfide) groups is 1. The van der Waals surface area contributed by atoms with Crippen molar-refractivity contribution in [2.24, 2.45) is 0 Å². The molecule has 2 amide bonds. The summed E-state index contributed by atoms with van der Waals surface area (Å²) in [5.41, 5.74) is 3.11. The molecule has 0 bridgehead atoms. The topological polar surface area (TPSA) is 76.0 Å². The molecule has 1 aromatic heterocycles. The highest BCUT2D eigenvalue weighted by molar-refractivity contribution is 7.99. The van der Waals surface area contributed by atoms with Crippen LogP contribution in [0.4, 0.5) is 11.4 Å². The molecule has 3 aromatic rings. The molecule has 2 N–H and O–H groups in total. The molecule has 0 saturated heterocycles. The Bertz CT molecular complexity index is 1020. The van der Waals surface area contributed by atoms with Crippen LogP contribution in [0.15, 0.2) is 47.6 Å². The number of halogens is 1. The highest BCUT2D eigenvalue weighted by atomic mass is 35.5. The second-order valence-corrected chi connectivity index (χ2v) is 7.66. The Morgan fingerprint density at radius 2 is 1.89 bits per heavy atom. The van der Waals surface area contributed by atoms with Gasteiger partial charge in [-0.3, -0.25) is 9.59 Å². The largest absolute Gasteiger partial charge is 0.326 e. The number of rotatable bonds is 7. The molecule has 0 atom stereocenters. The number of carbonyl (C=O) groups excluding carboxylic acids is 2. The van der Waals surface area contributed by atoms with Gasteiger partial charge in [0.2, 0.25) is 11.8 Å². The highest BCUT2D eigenvalue weighted by Gasteiger charge is 2.13. The van der Waals surface area contributed by atoms with Crippen LogP contribution >= 0.6 is 23.4 Å². The number of amides is 2. The van der Waals surface area contributed by atoms with E-state index in [0.717, 1.165) is 29.2 Å². The van der Waals surface area contributed by atoms with Crippen molar-refractivity contribution in [3.63, 3.8) is 0 Å². The van der Waals surface area contributed by atoms with Gasteiger partial charge in [-0.15, -0.1) is 0 Å². The van der Waals surface area contributed by atoms with Gasteiger partial charge in [0.1, 0.15) is 0 Å². The molecular weight excluding hydrogens is 396 g/mol. The molecule has 0 aliphatic rings. The van der Waals surface area contributed by atoms with Crippen LogP contribution in [0.2, 0.25) is 5.02 Å². The first kappa shape index (κ1) is 20.2. The van der Waals surface area contributed by atoms with Crippen LogP contribution in [0.5, 0.6) is 0 Å². The Morgan fingerprint density at radius 1 is 1.14 bits per heavy atom. The number of hydrogen-bond acceptors (Lipinski definition) is 4. The Kier molecular flexibility index (Phi) is 6.59. The summed E-state index contributed by atoms with van der Waals surface area (Å²) in [7, 11) is 0. The number of hydrogen-bond donors (Lipinski definition) is 2. The van der Waals surface area contributed by atoms with E-state index in [0.29, 0.717) is 16.4 Å². The van der Waals surface area contributed by atoms with Crippen molar-refractivity contribution in [2.75, 3.05) is 16.4 Å². The molecule has 8 heteroatoms. The lowest BCUT2D eigenvalue weighted by Gasteiger charge is -2.09. The normalized spacial score (nSPS) is 10.8. The Morgan fingerprint density at radius 3 is 2.61 bits per heavy atom. The molecule has 6 nitrogen and oxygen atoms in total. The van der Waals surface area contributed by atoms with E-state index < -0.39 is 0 Å². The van der Waals surface area contributed by atoms with Crippen molar-refractivity contribution in [2.45, 2.75) is 32.0 Å². The van der Waals surface area contributed by atoms with Crippen LogP contribution in [-0.4, -0.2) is 27.1 Å². The van der Waals surface area contributed by atoms with Gasteiger partial charge < -0.3 is 15.2 Å². The van der Waals surface area contributed by atoms with Crippen molar-refractivity contribution in [3.05, 3.63) is 47.5 Å². The summed E-state index contributed by atoms with van der Waals surface area (Å²) in [5, 5.41) is 6.98. The third kappa shape index (κ3) is 5.05. The summed E-state index contributed by atoms with van der Waals surface area (Å²) >= 11 is 7.46. The molecule has 1 heterocycles. The number of carbonyl (C=O) groups is 2. The first-order chi connectivity index (χ1) is 13.5. The lowest BCUT2D eigenvalue weighted by Crippen LogP contribution is -2.15. The first-order valence-electron chi connectivity index (χ1n) is 8.92. The van der Waals surface area contributed by atoms with Crippen molar-refractivity contribution >= 4 is 57.6 Å². The lowest BCUT2D eigenvalue weighted by atomic mass is 10.2. The number of fused-ring (bicyclic) bond motifs is 1. The van der Waals surface area contributed by atoms with Gasteiger partial charge in [0.25, 0.3) is 0 Å². The summed E-state index contributed by atoms with van der Waals surface area (Å²) in [5.74, 6) is -0.0717. The average Bonchev–Trinajstić information content (AvgIpc) is 2.97. The zero-order valence-corrected chi connectivity index (χ0v) is 17.2. The van der Waals surface area contributed by atoms with Crippen LogP contribution in [0.3, 0.4) is 0 Å². The molecule has 0 aliphatic carbocycles. The van der Waals surface area contributed by atoms with Crippen molar-refractivity contribution in [1.29, 1.82) is 0 Å². The molecule has 0 spiro atoms.